The van der Waals surface area contributed by atoms with E-state index in [1.54, 1.807) is 0 Å². The van der Waals surface area contributed by atoms with Gasteiger partial charge in [-0.1, -0.05) is 115 Å². The van der Waals surface area contributed by atoms with Gasteiger partial charge in [0.2, 0.25) is 0 Å². The minimum absolute atomic E-state index is 0.899. The Bertz CT molecular complexity index is 3070. The summed E-state index contributed by atoms with van der Waals surface area (Å²) in [6, 6.07) is 57.1. The highest BCUT2D eigenvalue weighted by atomic mass is 16.3. The molecule has 11 rings (SSSR count). The summed E-state index contributed by atoms with van der Waals surface area (Å²) in [6.45, 7) is 0. The molecule has 0 spiro atoms. The second-order valence-corrected chi connectivity index (χ2v) is 12.5. The second kappa shape index (κ2) is 9.12. The average molecular weight is 599 g/mol. The maximum Gasteiger partial charge on any atom is 0.137 e. The van der Waals surface area contributed by atoms with E-state index in [1.807, 2.05) is 6.07 Å². The van der Waals surface area contributed by atoms with Crippen LogP contribution >= 0.6 is 0 Å². The van der Waals surface area contributed by atoms with Gasteiger partial charge in [-0.2, -0.15) is 0 Å². The molecule has 0 fully saturated rings. The molecule has 0 unspecified atom stereocenters. The lowest BCUT2D eigenvalue weighted by Crippen LogP contribution is -1.99. The number of hydrogen-bond donors (Lipinski definition) is 0. The number of para-hydroxylation sites is 3. The van der Waals surface area contributed by atoms with Gasteiger partial charge in [0.25, 0.3) is 0 Å². The van der Waals surface area contributed by atoms with Crippen LogP contribution in [0.1, 0.15) is 0 Å². The maximum atomic E-state index is 6.45. The van der Waals surface area contributed by atoms with E-state index < -0.39 is 0 Å². The number of furan rings is 1. The Kier molecular flexibility index (Phi) is 4.84. The molecule has 0 amide bonds. The van der Waals surface area contributed by atoms with Crippen molar-refractivity contribution < 1.29 is 4.42 Å². The van der Waals surface area contributed by atoms with Crippen molar-refractivity contribution in [2.75, 3.05) is 0 Å². The van der Waals surface area contributed by atoms with Crippen molar-refractivity contribution in [2.24, 2.45) is 0 Å². The van der Waals surface area contributed by atoms with E-state index in [2.05, 4.69) is 161 Å². The van der Waals surface area contributed by atoms with Gasteiger partial charge in [0, 0.05) is 49.5 Å². The van der Waals surface area contributed by atoms with Crippen molar-refractivity contribution in [1.82, 2.24) is 9.13 Å². The Morgan fingerprint density at radius 2 is 0.979 bits per heavy atom. The summed E-state index contributed by atoms with van der Waals surface area (Å²) >= 11 is 0. The maximum absolute atomic E-state index is 6.45. The SMILES string of the molecule is c1ccc(-n2c3cc4oc5ccccc5c4cc3c3ccc4c5ccccc5n(-c5cc6ccccc6c6ccccc56)c4c32)cc1. The van der Waals surface area contributed by atoms with Gasteiger partial charge in [-0.15, -0.1) is 0 Å². The number of hydrogen-bond acceptors (Lipinski definition) is 1. The minimum Gasteiger partial charge on any atom is -0.456 e. The quantitative estimate of drug-likeness (QED) is 0.182. The van der Waals surface area contributed by atoms with E-state index in [9.17, 15) is 0 Å². The van der Waals surface area contributed by atoms with Crippen molar-refractivity contribution in [2.45, 2.75) is 0 Å². The summed E-state index contributed by atoms with van der Waals surface area (Å²) in [5, 5.41) is 12.2. The highest BCUT2D eigenvalue weighted by molar-refractivity contribution is 6.26. The van der Waals surface area contributed by atoms with Crippen LogP contribution in [0.2, 0.25) is 0 Å². The van der Waals surface area contributed by atoms with Crippen LogP contribution in [0.25, 0.3) is 98.5 Å². The van der Waals surface area contributed by atoms with Crippen LogP contribution in [0.15, 0.2) is 162 Å². The molecule has 0 atom stereocenters. The van der Waals surface area contributed by atoms with E-state index in [-0.39, 0.29) is 0 Å². The Hall–Kier alpha value is -6.32. The first-order valence-corrected chi connectivity index (χ1v) is 16.1. The van der Waals surface area contributed by atoms with Gasteiger partial charge in [-0.25, -0.2) is 0 Å². The Morgan fingerprint density at radius 3 is 1.83 bits per heavy atom. The van der Waals surface area contributed by atoms with Gasteiger partial charge >= 0.3 is 0 Å². The molecule has 0 bridgehead atoms. The fraction of sp³-hybridized carbons (Fsp3) is 0. The third-order valence-electron chi connectivity index (χ3n) is 10.1. The first-order valence-electron chi connectivity index (χ1n) is 16.1. The van der Waals surface area contributed by atoms with Crippen molar-refractivity contribution in [3.8, 4) is 11.4 Å². The van der Waals surface area contributed by atoms with Crippen LogP contribution in [0.5, 0.6) is 0 Å². The summed E-state index contributed by atoms with van der Waals surface area (Å²) in [6.07, 6.45) is 0. The van der Waals surface area contributed by atoms with Gasteiger partial charge in [-0.05, 0) is 52.6 Å². The Labute approximate surface area is 269 Å². The van der Waals surface area contributed by atoms with Crippen LogP contribution in [-0.2, 0) is 0 Å². The van der Waals surface area contributed by atoms with E-state index in [1.165, 1.54) is 65.3 Å². The smallest absolute Gasteiger partial charge is 0.137 e. The lowest BCUT2D eigenvalue weighted by atomic mass is 10.00. The number of nitrogens with zero attached hydrogens (tertiary/aromatic N) is 2. The fourth-order valence-corrected chi connectivity index (χ4v) is 8.08. The van der Waals surface area contributed by atoms with Crippen LogP contribution < -0.4 is 0 Å². The summed E-state index contributed by atoms with van der Waals surface area (Å²) in [4.78, 5) is 0. The highest BCUT2D eigenvalue weighted by Gasteiger charge is 2.23. The van der Waals surface area contributed by atoms with Crippen molar-refractivity contribution in [3.63, 3.8) is 0 Å². The Balaban J connectivity index is 1.40. The third kappa shape index (κ3) is 3.30. The lowest BCUT2D eigenvalue weighted by Gasteiger charge is -2.16. The number of rotatable bonds is 2. The van der Waals surface area contributed by atoms with Crippen molar-refractivity contribution in [3.05, 3.63) is 158 Å². The average Bonchev–Trinajstić information content (AvgIpc) is 3.78. The molecule has 3 aromatic heterocycles. The molecular formula is C44H26N2O. The zero-order valence-corrected chi connectivity index (χ0v) is 25.3. The van der Waals surface area contributed by atoms with Crippen molar-refractivity contribution >= 4 is 87.1 Å². The van der Waals surface area contributed by atoms with Gasteiger partial charge in [0.1, 0.15) is 11.2 Å². The van der Waals surface area contributed by atoms with Crippen LogP contribution in [0.3, 0.4) is 0 Å². The predicted octanol–water partition coefficient (Wildman–Crippen LogP) is 12.1. The van der Waals surface area contributed by atoms with E-state index in [0.29, 0.717) is 0 Å². The summed E-state index contributed by atoms with van der Waals surface area (Å²) in [5.74, 6) is 0. The number of fused-ring (bicyclic) bond motifs is 13. The predicted molar refractivity (Wildman–Crippen MR) is 197 cm³/mol. The minimum atomic E-state index is 0.899. The lowest BCUT2D eigenvalue weighted by molar-refractivity contribution is 0.669. The largest absolute Gasteiger partial charge is 0.456 e. The van der Waals surface area contributed by atoms with Gasteiger partial charge in [-0.3, -0.25) is 0 Å². The monoisotopic (exact) mass is 598 g/mol. The van der Waals surface area contributed by atoms with E-state index >= 15 is 0 Å². The zero-order valence-electron chi connectivity index (χ0n) is 25.3. The molecule has 3 heterocycles. The standard InChI is InChI=1S/C44H26N2O/c1-2-13-28(14-3-1)45-40-26-42-37(33-19-9-11-21-41(33)47-42)25-36(40)35-23-22-34-32-18-8-10-20-38(32)46(44(34)43(35)45)39-24-27-12-4-5-15-29(27)30-16-6-7-17-31(30)39/h1-26H. The van der Waals surface area contributed by atoms with Crippen LogP contribution in [0.4, 0.5) is 0 Å². The van der Waals surface area contributed by atoms with Crippen LogP contribution in [-0.4, -0.2) is 9.13 Å². The van der Waals surface area contributed by atoms with Gasteiger partial charge in [0.15, 0.2) is 0 Å². The molecule has 0 aliphatic rings. The molecule has 0 N–H and O–H groups in total. The number of aromatic nitrogens is 2. The van der Waals surface area contributed by atoms with Crippen LogP contribution in [0, 0.1) is 0 Å². The summed E-state index contributed by atoms with van der Waals surface area (Å²) < 4.78 is 11.4. The molecule has 0 radical (unpaired) electrons. The molecule has 218 valence electrons. The third-order valence-corrected chi connectivity index (χ3v) is 10.1. The Morgan fingerprint density at radius 1 is 0.340 bits per heavy atom. The topological polar surface area (TPSA) is 23.0 Å². The van der Waals surface area contributed by atoms with Gasteiger partial charge in [0.05, 0.1) is 27.8 Å². The highest BCUT2D eigenvalue weighted by Crippen LogP contribution is 2.45. The molecule has 47 heavy (non-hydrogen) atoms. The van der Waals surface area contributed by atoms with E-state index in [0.717, 1.165) is 33.1 Å². The van der Waals surface area contributed by atoms with E-state index in [4.69, 9.17) is 4.42 Å². The molecule has 0 saturated carbocycles. The first kappa shape index (κ1) is 24.9. The zero-order chi connectivity index (χ0) is 30.6. The summed E-state index contributed by atoms with van der Waals surface area (Å²) in [5.41, 5.74) is 8.83. The molecule has 0 aliphatic heterocycles. The van der Waals surface area contributed by atoms with Crippen molar-refractivity contribution in [1.29, 1.82) is 0 Å². The molecule has 0 saturated heterocycles. The second-order valence-electron chi connectivity index (χ2n) is 12.5. The molecule has 3 nitrogen and oxygen atoms in total. The first-order chi connectivity index (χ1) is 23.3. The molecule has 0 aliphatic carbocycles. The molecule has 8 aromatic carbocycles. The molecular weight excluding hydrogens is 572 g/mol. The number of benzene rings is 8. The van der Waals surface area contributed by atoms with Gasteiger partial charge < -0.3 is 13.6 Å². The molecule has 3 heteroatoms. The summed E-state index contributed by atoms with van der Waals surface area (Å²) in [7, 11) is 0. The molecule has 11 aromatic rings. The normalized spacial score (nSPS) is 12.3. The fourth-order valence-electron chi connectivity index (χ4n) is 8.08.